The molecule has 24 heavy (non-hydrogen) atoms. The third-order valence-corrected chi connectivity index (χ3v) is 4.27. The number of amides is 1. The molecule has 0 radical (unpaired) electrons. The summed E-state index contributed by atoms with van der Waals surface area (Å²) in [5.74, 6) is -0.808. The van der Waals surface area contributed by atoms with Crippen LogP contribution < -0.4 is 9.64 Å². The minimum Gasteiger partial charge on any atom is -0.494 e. The Labute approximate surface area is 140 Å². The molecule has 3 rings (SSSR count). The van der Waals surface area contributed by atoms with E-state index in [0.29, 0.717) is 30.0 Å². The fourth-order valence-electron chi connectivity index (χ4n) is 2.83. The van der Waals surface area contributed by atoms with Crippen LogP contribution in [0.2, 0.25) is 0 Å². The molecular weight excluding hydrogens is 306 g/mol. The molecule has 5 nitrogen and oxygen atoms in total. The highest BCUT2D eigenvalue weighted by Crippen LogP contribution is 2.31. The number of rotatable bonds is 5. The predicted octanol–water partition coefficient (Wildman–Crippen LogP) is 3.43. The Morgan fingerprint density at radius 3 is 2.58 bits per heavy atom. The third kappa shape index (κ3) is 2.85. The molecule has 1 amide bonds. The van der Waals surface area contributed by atoms with Gasteiger partial charge in [-0.15, -0.1) is 0 Å². The van der Waals surface area contributed by atoms with Gasteiger partial charge in [-0.05, 0) is 49.2 Å². The molecule has 1 heterocycles. The smallest absolute Gasteiger partial charge is 0.310 e. The Morgan fingerprint density at radius 2 is 1.96 bits per heavy atom. The minimum absolute atomic E-state index is 0.0643. The van der Waals surface area contributed by atoms with E-state index in [2.05, 4.69) is 0 Å². The number of carbonyl (C=O) groups is 2. The van der Waals surface area contributed by atoms with Crippen molar-refractivity contribution in [3.05, 3.63) is 59.2 Å². The zero-order valence-electron chi connectivity index (χ0n) is 13.7. The first-order valence-electron chi connectivity index (χ1n) is 7.91. The number of anilines is 1. The molecule has 0 fully saturated rings. The summed E-state index contributed by atoms with van der Waals surface area (Å²) >= 11 is 0. The summed E-state index contributed by atoms with van der Waals surface area (Å²) in [5, 5.41) is 9.07. The molecule has 0 spiro atoms. The van der Waals surface area contributed by atoms with Gasteiger partial charge in [-0.3, -0.25) is 9.59 Å². The zero-order valence-corrected chi connectivity index (χ0v) is 13.7. The number of carboxylic acid groups (broad SMARTS) is 1. The van der Waals surface area contributed by atoms with E-state index >= 15 is 0 Å². The van der Waals surface area contributed by atoms with E-state index in [1.807, 2.05) is 19.1 Å². The highest BCUT2D eigenvalue weighted by molar-refractivity contribution is 6.10. The van der Waals surface area contributed by atoms with Crippen LogP contribution in [0.5, 0.6) is 5.75 Å². The molecule has 1 aliphatic rings. The molecule has 1 unspecified atom stereocenters. The second-order valence-corrected chi connectivity index (χ2v) is 5.79. The van der Waals surface area contributed by atoms with E-state index in [0.717, 1.165) is 11.3 Å². The molecule has 1 atom stereocenters. The van der Waals surface area contributed by atoms with Crippen molar-refractivity contribution in [1.82, 2.24) is 0 Å². The summed E-state index contributed by atoms with van der Waals surface area (Å²) in [6, 6.07) is 12.7. The predicted molar refractivity (Wildman–Crippen MR) is 90.6 cm³/mol. The lowest BCUT2D eigenvalue weighted by Gasteiger charge is -2.16. The van der Waals surface area contributed by atoms with Gasteiger partial charge in [0, 0.05) is 11.3 Å². The second-order valence-electron chi connectivity index (χ2n) is 5.79. The quantitative estimate of drug-likeness (QED) is 0.914. The van der Waals surface area contributed by atoms with Gasteiger partial charge in [0.05, 0.1) is 19.1 Å². The highest BCUT2D eigenvalue weighted by atomic mass is 16.5. The largest absolute Gasteiger partial charge is 0.494 e. The summed E-state index contributed by atoms with van der Waals surface area (Å²) in [6.45, 7) is 4.61. The number of aliphatic carboxylic acids is 1. The van der Waals surface area contributed by atoms with Crippen LogP contribution in [0.4, 0.5) is 5.69 Å². The Balaban J connectivity index is 1.84. The average Bonchev–Trinajstić information content (AvgIpc) is 2.91. The fourth-order valence-corrected chi connectivity index (χ4v) is 2.83. The summed E-state index contributed by atoms with van der Waals surface area (Å²) in [5.41, 5.74) is 3.10. The van der Waals surface area contributed by atoms with E-state index in [9.17, 15) is 9.59 Å². The van der Waals surface area contributed by atoms with Gasteiger partial charge in [-0.2, -0.15) is 0 Å². The molecule has 124 valence electrons. The van der Waals surface area contributed by atoms with Gasteiger partial charge in [0.2, 0.25) is 0 Å². The molecule has 0 bridgehead atoms. The first-order valence-corrected chi connectivity index (χ1v) is 7.91. The zero-order chi connectivity index (χ0) is 17.3. The summed E-state index contributed by atoms with van der Waals surface area (Å²) in [6.07, 6.45) is 0. The molecule has 0 saturated carbocycles. The second kappa shape index (κ2) is 6.35. The molecule has 0 saturated heterocycles. The molecule has 0 aromatic heterocycles. The topological polar surface area (TPSA) is 66.8 Å². The highest BCUT2D eigenvalue weighted by Gasteiger charge is 2.29. The van der Waals surface area contributed by atoms with Gasteiger partial charge in [0.15, 0.2) is 0 Å². The van der Waals surface area contributed by atoms with E-state index in [1.165, 1.54) is 0 Å². The fraction of sp³-hybridized carbons (Fsp3) is 0.263. The molecule has 2 aromatic carbocycles. The Kier molecular flexibility index (Phi) is 4.25. The third-order valence-electron chi connectivity index (χ3n) is 4.27. The first-order chi connectivity index (χ1) is 11.5. The molecule has 5 heteroatoms. The minimum atomic E-state index is -0.865. The normalized spacial score (nSPS) is 14.4. The van der Waals surface area contributed by atoms with Crippen LogP contribution in [0, 0.1) is 0 Å². The van der Waals surface area contributed by atoms with Crippen molar-refractivity contribution in [3.8, 4) is 5.75 Å². The molecule has 1 aliphatic heterocycles. The Morgan fingerprint density at radius 1 is 1.25 bits per heavy atom. The molecule has 0 aliphatic carbocycles. The van der Waals surface area contributed by atoms with Crippen LogP contribution in [-0.4, -0.2) is 23.6 Å². The number of carbonyl (C=O) groups excluding carboxylic acids is 1. The van der Waals surface area contributed by atoms with Crippen molar-refractivity contribution >= 4 is 17.6 Å². The summed E-state index contributed by atoms with van der Waals surface area (Å²) in [4.78, 5) is 25.4. The monoisotopic (exact) mass is 325 g/mol. The molecular formula is C19H19NO4. The Hall–Kier alpha value is -2.82. The number of nitrogens with zero attached hydrogens (tertiary/aromatic N) is 1. The number of carboxylic acids is 1. The van der Waals surface area contributed by atoms with Crippen molar-refractivity contribution in [2.45, 2.75) is 26.3 Å². The summed E-state index contributed by atoms with van der Waals surface area (Å²) < 4.78 is 5.46. The number of fused-ring (bicyclic) bond motifs is 1. The lowest BCUT2D eigenvalue weighted by molar-refractivity contribution is -0.138. The van der Waals surface area contributed by atoms with E-state index in [4.69, 9.17) is 9.84 Å². The van der Waals surface area contributed by atoms with Crippen molar-refractivity contribution in [2.24, 2.45) is 0 Å². The maximum absolute atomic E-state index is 12.7. The van der Waals surface area contributed by atoms with Crippen molar-refractivity contribution < 1.29 is 19.4 Å². The van der Waals surface area contributed by atoms with E-state index in [-0.39, 0.29) is 5.91 Å². The van der Waals surface area contributed by atoms with Crippen molar-refractivity contribution in [2.75, 3.05) is 11.5 Å². The van der Waals surface area contributed by atoms with Gasteiger partial charge < -0.3 is 14.7 Å². The Bertz CT molecular complexity index is 782. The van der Waals surface area contributed by atoms with Crippen LogP contribution in [0.3, 0.4) is 0 Å². The average molecular weight is 325 g/mol. The maximum atomic E-state index is 12.7. The molecule has 2 aromatic rings. The van der Waals surface area contributed by atoms with Crippen LogP contribution in [0.25, 0.3) is 0 Å². The lowest BCUT2D eigenvalue weighted by Crippen LogP contribution is -2.23. The van der Waals surface area contributed by atoms with Crippen LogP contribution in [0.15, 0.2) is 42.5 Å². The standard InChI is InChI=1S/C19H19NO4/c1-3-24-16-9-6-14-11-20(18(21)17(14)10-16)15-7-4-13(5-8-15)12(2)19(22)23/h4-10,12H,3,11H2,1-2H3,(H,22,23). The van der Waals surface area contributed by atoms with Gasteiger partial charge in [-0.1, -0.05) is 18.2 Å². The van der Waals surface area contributed by atoms with Crippen LogP contribution >= 0.6 is 0 Å². The van der Waals surface area contributed by atoms with Crippen molar-refractivity contribution in [1.29, 1.82) is 0 Å². The number of hydrogen-bond acceptors (Lipinski definition) is 3. The first kappa shape index (κ1) is 16.1. The maximum Gasteiger partial charge on any atom is 0.310 e. The van der Waals surface area contributed by atoms with E-state index in [1.54, 1.807) is 42.2 Å². The number of hydrogen-bond donors (Lipinski definition) is 1. The summed E-state index contributed by atoms with van der Waals surface area (Å²) in [7, 11) is 0. The van der Waals surface area contributed by atoms with Gasteiger partial charge in [-0.25, -0.2) is 0 Å². The van der Waals surface area contributed by atoms with Crippen LogP contribution in [-0.2, 0) is 11.3 Å². The SMILES string of the molecule is CCOc1ccc2c(c1)C(=O)N(c1ccc(C(C)C(=O)O)cc1)C2. The van der Waals surface area contributed by atoms with E-state index < -0.39 is 11.9 Å². The molecule has 1 N–H and O–H groups in total. The number of benzene rings is 2. The number of ether oxygens (including phenoxy) is 1. The van der Waals surface area contributed by atoms with Gasteiger partial charge in [0.25, 0.3) is 5.91 Å². The van der Waals surface area contributed by atoms with Gasteiger partial charge >= 0.3 is 5.97 Å². The van der Waals surface area contributed by atoms with Crippen LogP contribution in [0.1, 0.15) is 41.3 Å². The lowest BCUT2D eigenvalue weighted by atomic mass is 10.0. The van der Waals surface area contributed by atoms with Crippen molar-refractivity contribution in [3.63, 3.8) is 0 Å². The van der Waals surface area contributed by atoms with Gasteiger partial charge in [0.1, 0.15) is 5.75 Å².